The second-order valence-electron chi connectivity index (χ2n) is 6.38. The van der Waals surface area contributed by atoms with E-state index in [9.17, 15) is 14.4 Å². The Balaban J connectivity index is 1.58. The first-order chi connectivity index (χ1) is 13.4. The van der Waals surface area contributed by atoms with Gasteiger partial charge < -0.3 is 19.5 Å². The highest BCUT2D eigenvalue weighted by molar-refractivity contribution is 6.04. The molecule has 3 rings (SSSR count). The predicted molar refractivity (Wildman–Crippen MR) is 102 cm³/mol. The molecule has 146 valence electrons. The minimum Gasteiger partial charge on any atom is -0.486 e. The summed E-state index contributed by atoms with van der Waals surface area (Å²) in [6.45, 7) is 3.85. The van der Waals surface area contributed by atoms with Crippen LogP contribution in [0.5, 0.6) is 11.5 Å². The van der Waals surface area contributed by atoms with E-state index in [0.717, 1.165) is 0 Å². The Labute approximate surface area is 162 Å². The van der Waals surface area contributed by atoms with Gasteiger partial charge in [0.2, 0.25) is 0 Å². The highest BCUT2D eigenvalue weighted by atomic mass is 16.6. The van der Waals surface area contributed by atoms with Gasteiger partial charge in [-0.05, 0) is 43.7 Å². The minimum atomic E-state index is -1.01. The summed E-state index contributed by atoms with van der Waals surface area (Å²) in [6.07, 6.45) is -1.01. The fraction of sp³-hybridized carbons (Fsp3) is 0.286. The van der Waals surface area contributed by atoms with Crippen molar-refractivity contribution in [3.63, 3.8) is 0 Å². The number of rotatable bonds is 6. The molecule has 2 aromatic rings. The summed E-state index contributed by atoms with van der Waals surface area (Å²) < 4.78 is 16.2. The van der Waals surface area contributed by atoms with Crippen molar-refractivity contribution in [2.75, 3.05) is 18.5 Å². The van der Waals surface area contributed by atoms with Crippen LogP contribution in [0.4, 0.5) is 5.69 Å². The maximum atomic E-state index is 12.3. The number of para-hydroxylation sites is 1. The first-order valence-electron chi connectivity index (χ1n) is 8.93. The Morgan fingerprint density at radius 1 is 1.07 bits per heavy atom. The van der Waals surface area contributed by atoms with Gasteiger partial charge in [-0.25, -0.2) is 0 Å². The third kappa shape index (κ3) is 4.68. The van der Waals surface area contributed by atoms with Gasteiger partial charge >= 0.3 is 5.97 Å². The van der Waals surface area contributed by atoms with Crippen LogP contribution in [0.15, 0.2) is 42.5 Å². The number of ether oxygens (including phenoxy) is 3. The summed E-state index contributed by atoms with van der Waals surface area (Å²) in [6, 6.07) is 11.9. The smallest absolute Gasteiger partial charge is 0.311 e. The van der Waals surface area contributed by atoms with E-state index in [1.165, 1.54) is 13.8 Å². The number of nitrogens with one attached hydrogen (secondary N) is 1. The molecule has 0 radical (unpaired) electrons. The molecule has 1 aliphatic heterocycles. The van der Waals surface area contributed by atoms with Crippen LogP contribution in [0.2, 0.25) is 0 Å². The maximum Gasteiger partial charge on any atom is 0.311 e. The van der Waals surface area contributed by atoms with Crippen LogP contribution in [-0.2, 0) is 20.7 Å². The van der Waals surface area contributed by atoms with Crippen molar-refractivity contribution in [2.45, 2.75) is 26.4 Å². The number of benzene rings is 2. The van der Waals surface area contributed by atoms with E-state index < -0.39 is 18.0 Å². The Bertz CT molecular complexity index is 908. The summed E-state index contributed by atoms with van der Waals surface area (Å²) in [5, 5.41) is 2.63. The summed E-state index contributed by atoms with van der Waals surface area (Å²) >= 11 is 0. The third-order valence-electron chi connectivity index (χ3n) is 4.20. The number of carbonyl (C=O) groups excluding carboxylic acids is 3. The SMILES string of the molecule is CC(=O)c1ccccc1NC(=O)[C@H](C)OC(=O)Cc1ccc2c(c1)OCCO2. The zero-order valence-corrected chi connectivity index (χ0v) is 15.7. The van der Waals surface area contributed by atoms with Crippen molar-refractivity contribution in [3.8, 4) is 11.5 Å². The summed E-state index contributed by atoms with van der Waals surface area (Å²) in [5.74, 6) is 0.00555. The fourth-order valence-electron chi connectivity index (χ4n) is 2.79. The Morgan fingerprint density at radius 2 is 1.79 bits per heavy atom. The van der Waals surface area contributed by atoms with Gasteiger partial charge in [0, 0.05) is 5.56 Å². The van der Waals surface area contributed by atoms with Crippen LogP contribution in [-0.4, -0.2) is 37.0 Å². The molecule has 0 aliphatic carbocycles. The maximum absolute atomic E-state index is 12.3. The van der Waals surface area contributed by atoms with Gasteiger partial charge in [0.25, 0.3) is 5.91 Å². The molecule has 0 aromatic heterocycles. The molecule has 28 heavy (non-hydrogen) atoms. The number of Topliss-reactive ketones (excluding diaryl/α,β-unsaturated/α-hetero) is 1. The van der Waals surface area contributed by atoms with Gasteiger partial charge in [-0.2, -0.15) is 0 Å². The molecule has 0 saturated heterocycles. The quantitative estimate of drug-likeness (QED) is 0.609. The molecule has 0 spiro atoms. The topological polar surface area (TPSA) is 90.9 Å². The average molecular weight is 383 g/mol. The second kappa shape index (κ2) is 8.56. The lowest BCUT2D eigenvalue weighted by molar-refractivity contribution is -0.152. The molecule has 0 unspecified atom stereocenters. The highest BCUT2D eigenvalue weighted by Gasteiger charge is 2.20. The zero-order valence-electron chi connectivity index (χ0n) is 15.7. The third-order valence-corrected chi connectivity index (χ3v) is 4.20. The average Bonchev–Trinajstić information content (AvgIpc) is 2.68. The molecule has 1 aliphatic rings. The number of ketones is 1. The monoisotopic (exact) mass is 383 g/mol. The van der Waals surface area contributed by atoms with Crippen molar-refractivity contribution in [1.29, 1.82) is 0 Å². The fourth-order valence-corrected chi connectivity index (χ4v) is 2.79. The Hall–Kier alpha value is -3.35. The van der Waals surface area contributed by atoms with Crippen molar-refractivity contribution < 1.29 is 28.6 Å². The molecular weight excluding hydrogens is 362 g/mol. The lowest BCUT2D eigenvalue weighted by Crippen LogP contribution is -2.31. The molecule has 0 fully saturated rings. The van der Waals surface area contributed by atoms with Crippen molar-refractivity contribution >= 4 is 23.3 Å². The lowest BCUT2D eigenvalue weighted by atomic mass is 10.1. The Morgan fingerprint density at radius 3 is 2.54 bits per heavy atom. The second-order valence-corrected chi connectivity index (χ2v) is 6.38. The van der Waals surface area contributed by atoms with E-state index in [-0.39, 0.29) is 12.2 Å². The normalized spacial score (nSPS) is 13.4. The van der Waals surface area contributed by atoms with Crippen molar-refractivity contribution in [1.82, 2.24) is 0 Å². The number of fused-ring (bicyclic) bond motifs is 1. The highest BCUT2D eigenvalue weighted by Crippen LogP contribution is 2.31. The standard InChI is InChI=1S/C21H21NO6/c1-13(23)16-5-3-4-6-17(16)22-21(25)14(2)28-20(24)12-15-7-8-18-19(11-15)27-10-9-26-18/h3-8,11,14H,9-10,12H2,1-2H3,(H,22,25)/t14-/m0/s1. The molecule has 0 bridgehead atoms. The van der Waals surface area contributed by atoms with Gasteiger partial charge in [-0.1, -0.05) is 18.2 Å². The molecule has 1 amide bonds. The van der Waals surface area contributed by atoms with Crippen LogP contribution in [0.1, 0.15) is 29.8 Å². The molecule has 1 atom stereocenters. The molecule has 2 aromatic carbocycles. The van der Waals surface area contributed by atoms with E-state index in [0.29, 0.717) is 41.5 Å². The molecule has 7 heteroatoms. The Kier molecular flexibility index (Phi) is 5.93. The number of esters is 1. The number of carbonyl (C=O) groups is 3. The first-order valence-corrected chi connectivity index (χ1v) is 8.93. The van der Waals surface area contributed by atoms with Gasteiger partial charge in [-0.15, -0.1) is 0 Å². The lowest BCUT2D eigenvalue weighted by Gasteiger charge is -2.19. The number of hydrogen-bond donors (Lipinski definition) is 1. The van der Waals surface area contributed by atoms with Gasteiger partial charge in [-0.3, -0.25) is 14.4 Å². The van der Waals surface area contributed by atoms with Crippen LogP contribution in [0.25, 0.3) is 0 Å². The van der Waals surface area contributed by atoms with Gasteiger partial charge in [0.1, 0.15) is 13.2 Å². The largest absolute Gasteiger partial charge is 0.486 e. The number of amides is 1. The summed E-state index contributed by atoms with van der Waals surface area (Å²) in [4.78, 5) is 36.2. The van der Waals surface area contributed by atoms with E-state index >= 15 is 0 Å². The van der Waals surface area contributed by atoms with E-state index in [2.05, 4.69) is 5.32 Å². The van der Waals surface area contributed by atoms with E-state index in [4.69, 9.17) is 14.2 Å². The summed E-state index contributed by atoms with van der Waals surface area (Å²) in [7, 11) is 0. The molecule has 1 heterocycles. The summed E-state index contributed by atoms with van der Waals surface area (Å²) in [5.41, 5.74) is 1.48. The van der Waals surface area contributed by atoms with Gasteiger partial charge in [0.05, 0.1) is 12.1 Å². The van der Waals surface area contributed by atoms with Crippen LogP contribution < -0.4 is 14.8 Å². The van der Waals surface area contributed by atoms with Crippen LogP contribution >= 0.6 is 0 Å². The zero-order chi connectivity index (χ0) is 20.1. The number of hydrogen-bond acceptors (Lipinski definition) is 6. The van der Waals surface area contributed by atoms with Crippen molar-refractivity contribution in [3.05, 3.63) is 53.6 Å². The molecular formula is C21H21NO6. The van der Waals surface area contributed by atoms with Crippen LogP contribution in [0, 0.1) is 0 Å². The minimum absolute atomic E-state index is 0.00169. The van der Waals surface area contributed by atoms with Gasteiger partial charge in [0.15, 0.2) is 23.4 Å². The predicted octanol–water partition coefficient (Wildman–Crippen LogP) is 2.77. The first kappa shape index (κ1) is 19.4. The number of anilines is 1. The molecule has 0 saturated carbocycles. The molecule has 1 N–H and O–H groups in total. The molecule has 7 nitrogen and oxygen atoms in total. The van der Waals surface area contributed by atoms with E-state index in [1.807, 2.05) is 0 Å². The van der Waals surface area contributed by atoms with Crippen LogP contribution in [0.3, 0.4) is 0 Å². The van der Waals surface area contributed by atoms with E-state index in [1.54, 1.807) is 42.5 Å². The van der Waals surface area contributed by atoms with Crippen molar-refractivity contribution in [2.24, 2.45) is 0 Å².